The van der Waals surface area contributed by atoms with Crippen LogP contribution in [0.2, 0.25) is 0 Å². The summed E-state index contributed by atoms with van der Waals surface area (Å²) in [7, 11) is -6.50. The molecule has 0 spiro atoms. The third-order valence-electron chi connectivity index (χ3n) is 23.0. The van der Waals surface area contributed by atoms with Gasteiger partial charge in [0.05, 0.1) is 34.5 Å². The molecule has 4 heterocycles. The molecule has 8 heteroatoms. The maximum absolute atomic E-state index is 11.0. The Morgan fingerprint density at radius 3 is 1.36 bits per heavy atom. The van der Waals surface area contributed by atoms with Gasteiger partial charge in [0.15, 0.2) is 16.1 Å². The number of imidazole rings is 1. The van der Waals surface area contributed by atoms with Crippen LogP contribution < -0.4 is 50.8 Å². The van der Waals surface area contributed by atoms with Crippen molar-refractivity contribution >= 4 is 90.5 Å². The second kappa shape index (κ2) is 30.5. The fraction of sp³-hybridized carbons (Fsp3) is 0.0727. The zero-order valence-electron chi connectivity index (χ0n) is 78.6. The summed E-state index contributed by atoms with van der Waals surface area (Å²) >= 11 is 0. The number of rotatable bonds is 15. The van der Waals surface area contributed by atoms with E-state index in [0.29, 0.717) is 50.9 Å². The minimum Gasteiger partial charge on any atom is -0.510 e. The van der Waals surface area contributed by atoms with Crippen molar-refractivity contribution in [2.24, 2.45) is 0 Å². The van der Waals surface area contributed by atoms with Gasteiger partial charge in [-0.1, -0.05) is 374 Å². The fourth-order valence-corrected chi connectivity index (χ4v) is 27.1. The van der Waals surface area contributed by atoms with E-state index in [2.05, 4.69) is 307 Å². The molecular weight excluding hydrogens is 1640 g/mol. The van der Waals surface area contributed by atoms with Gasteiger partial charge in [-0.3, -0.25) is 4.57 Å². The molecule has 1 aliphatic heterocycles. The van der Waals surface area contributed by atoms with Crippen LogP contribution in [0.5, 0.6) is 11.5 Å². The number of hydrogen-bond acceptors (Lipinski definition) is 2. The number of fused-ring (bicyclic) bond motifs is 10. The Morgan fingerprint density at radius 1 is 0.356 bits per heavy atom. The quantitative estimate of drug-likeness (QED) is 0.0444. The van der Waals surface area contributed by atoms with Gasteiger partial charge in [-0.25, -0.2) is 4.98 Å². The molecule has 1 aliphatic rings. The number of benzene rings is 16. The van der Waals surface area contributed by atoms with E-state index < -0.39 is 122 Å². The van der Waals surface area contributed by atoms with E-state index in [9.17, 15) is 9.60 Å². The first-order valence-electron chi connectivity index (χ1n) is 45.9. The number of ether oxygens (including phenoxy) is 1. The first-order chi connectivity index (χ1) is 62.7. The molecule has 118 heavy (non-hydrogen) atoms. The van der Waals surface area contributed by atoms with Crippen LogP contribution in [-0.4, -0.2) is 30.3 Å². The standard InChI is InChI=1S/C110H84N4OSi2.Pt/c1-109(2,3)81-63-64-111-106(70-81)114-103-62-59-93(117(89-47-25-12-26-48-89,90-49-27-13-28-50-90)91-51-29-14-30-52-91)74-101(103)97-60-57-85(72-105(97)114)115-84-40-33-39-83(71-84)112-75-113-107-99(80-66-78(76-35-15-7-16-36-76)65-79(67-80)77-37-17-8-18-38-77)68-82(110(4,5)6)69-102(107)100-73-92(58-61-96(100)94-53-31-32-54-95(94)98-55-34-56-104(112)108(98)113)116(86-41-19-9-20-42-86,87-43-21-10-22-44-87)88-45-23-11-24-46-88;/h7-70,73-74H,1-6H3;/q-2;/i7D,8D,15D,16D,17D,18D,35D,36D,37D,38D,65D,66D,67D;. The van der Waals surface area contributed by atoms with Crippen molar-refractivity contribution in [2.75, 3.05) is 0 Å². The maximum atomic E-state index is 11.0. The van der Waals surface area contributed by atoms with Crippen LogP contribution in [0.25, 0.3) is 117 Å². The number of aromatic nitrogens is 4. The predicted octanol–water partition coefficient (Wildman–Crippen LogP) is 21.3. The molecule has 5 nitrogen and oxygen atoms in total. The summed E-state index contributed by atoms with van der Waals surface area (Å²) in [5.74, 6) is 1.43. The molecule has 0 aliphatic carbocycles. The Kier molecular flexibility index (Phi) is 15.8. The normalized spacial score (nSPS) is 13.6. The molecule has 3 aromatic heterocycles. The van der Waals surface area contributed by atoms with E-state index in [0.717, 1.165) is 75.9 Å². The third kappa shape index (κ3) is 13.0. The summed E-state index contributed by atoms with van der Waals surface area (Å²) in [5.41, 5.74) is 6.81. The van der Waals surface area contributed by atoms with Gasteiger partial charge >= 0.3 is 0 Å². The first-order valence-corrected chi connectivity index (χ1v) is 43.4. The molecule has 20 rings (SSSR count). The molecule has 0 N–H and O–H groups in total. The minimum atomic E-state index is -3.46. The average molecular weight is 1740 g/mol. The van der Waals surface area contributed by atoms with Crippen molar-refractivity contribution in [3.05, 3.63) is 430 Å². The number of para-hydroxylation sites is 1. The summed E-state index contributed by atoms with van der Waals surface area (Å²) in [6.07, 6.45) is 5.78. The van der Waals surface area contributed by atoms with Crippen molar-refractivity contribution < 1.29 is 48.2 Å². The van der Waals surface area contributed by atoms with Crippen LogP contribution in [-0.2, 0) is 31.9 Å². The van der Waals surface area contributed by atoms with Crippen LogP contribution >= 0.6 is 0 Å². The van der Waals surface area contributed by atoms with E-state index >= 15 is 0 Å². The van der Waals surface area contributed by atoms with Crippen molar-refractivity contribution in [3.63, 3.8) is 0 Å². The minimum absolute atomic E-state index is 0. The predicted molar refractivity (Wildman–Crippen MR) is 491 cm³/mol. The van der Waals surface area contributed by atoms with Crippen molar-refractivity contribution in [1.29, 1.82) is 0 Å². The van der Waals surface area contributed by atoms with Crippen LogP contribution in [0.15, 0.2) is 400 Å². The van der Waals surface area contributed by atoms with Gasteiger partial charge in [0, 0.05) is 44.3 Å². The zero-order valence-corrected chi connectivity index (χ0v) is 69.9. The van der Waals surface area contributed by atoms with Gasteiger partial charge in [-0.2, -0.15) is 18.2 Å². The Balaban J connectivity index is 0.0000111. The van der Waals surface area contributed by atoms with Gasteiger partial charge in [0.1, 0.15) is 5.82 Å². The second-order valence-corrected chi connectivity index (χ2v) is 39.5. The van der Waals surface area contributed by atoms with Crippen LogP contribution in [0.4, 0.5) is 0 Å². The molecule has 0 amide bonds. The molecule has 0 unspecified atom stereocenters. The Labute approximate surface area is 725 Å². The number of nitrogens with zero attached hydrogens (tertiary/aromatic N) is 4. The van der Waals surface area contributed by atoms with Gasteiger partial charge in [-0.05, 0) is 178 Å². The SMILES string of the molecule is [2H]c1c([2H])c([2H])c(-c2c([2H])c(-c3cc(C(C)(C)C)cc4c3-[n+]3[c-]n(-c5[c-]c(Oc6[c-]c7c(cc6)c6cc([Si](c8ccccc8)(c8ccccc8)c8ccccc8)ccc6n7-c6cc(C(C)(C)C)ccn6)ccc5)c5cccc(c53)-c3ccccc3-c3ccc([Si](c5ccccc5)(c5ccccc5)c5ccccc5)cc3-4)c([2H])c(-c3c([2H])c([2H])c([2H])c([2H])c3[2H])c2[2H])c([2H])c1[2H].[Pt]. The summed E-state index contributed by atoms with van der Waals surface area (Å²) in [5, 5.41) is 11.2. The van der Waals surface area contributed by atoms with E-state index in [-0.39, 0.29) is 37.6 Å². The number of hydrogen-bond donors (Lipinski definition) is 0. The molecule has 0 bridgehead atoms. The fourth-order valence-electron chi connectivity index (χ4n) is 17.5. The van der Waals surface area contributed by atoms with E-state index in [1.807, 2.05) is 88.1 Å². The molecular formula is C110H84N4OPtSi2-2. The summed E-state index contributed by atoms with van der Waals surface area (Å²) in [6.45, 7) is 12.8. The summed E-state index contributed by atoms with van der Waals surface area (Å²) < 4.78 is 138. The molecule has 0 atom stereocenters. The summed E-state index contributed by atoms with van der Waals surface area (Å²) in [4.78, 5) is 5.13. The van der Waals surface area contributed by atoms with Gasteiger partial charge < -0.3 is 13.9 Å². The molecule has 19 aromatic rings. The molecule has 570 valence electrons. The van der Waals surface area contributed by atoms with Crippen LogP contribution in [0.3, 0.4) is 0 Å². The van der Waals surface area contributed by atoms with E-state index in [1.54, 1.807) is 0 Å². The molecule has 16 aromatic carbocycles. The van der Waals surface area contributed by atoms with Crippen LogP contribution in [0, 0.1) is 18.5 Å². The van der Waals surface area contributed by atoms with Crippen LogP contribution in [0.1, 0.15) is 70.5 Å². The largest absolute Gasteiger partial charge is 0.510 e. The van der Waals surface area contributed by atoms with E-state index in [4.69, 9.17) is 17.9 Å². The van der Waals surface area contributed by atoms with E-state index in [1.165, 1.54) is 20.7 Å². The Bertz CT molecular complexity index is 7480. The zero-order chi connectivity index (χ0) is 90.3. The van der Waals surface area contributed by atoms with Gasteiger partial charge in [0.25, 0.3) is 6.33 Å². The monoisotopic (exact) mass is 1740 g/mol. The molecule has 0 fully saturated rings. The topological polar surface area (TPSA) is 35.9 Å². The Hall–Kier alpha value is -13.1. The molecule has 0 radical (unpaired) electrons. The maximum Gasteiger partial charge on any atom is 0.268 e. The average Bonchev–Trinajstić information content (AvgIpc) is 0.876. The third-order valence-corrected chi connectivity index (χ3v) is 32.6. The first kappa shape index (κ1) is 61.3. The second-order valence-electron chi connectivity index (χ2n) is 31.9. The Morgan fingerprint density at radius 2 is 0.822 bits per heavy atom. The van der Waals surface area contributed by atoms with Gasteiger partial charge in [-0.15, -0.1) is 29.7 Å². The van der Waals surface area contributed by atoms with Gasteiger partial charge in [0.2, 0.25) is 0 Å². The number of pyridine rings is 1. The molecule has 0 saturated heterocycles. The summed E-state index contributed by atoms with van der Waals surface area (Å²) in [6, 6.07) is 108. The molecule has 0 saturated carbocycles. The van der Waals surface area contributed by atoms with Crippen molar-refractivity contribution in [2.45, 2.75) is 52.4 Å². The van der Waals surface area contributed by atoms with Crippen molar-refractivity contribution in [1.82, 2.24) is 14.1 Å². The van der Waals surface area contributed by atoms with Crippen molar-refractivity contribution in [3.8, 4) is 95.5 Å². The smallest absolute Gasteiger partial charge is 0.268 e.